The lowest BCUT2D eigenvalue weighted by Crippen LogP contribution is -2.19. The number of hydrogen-bond acceptors (Lipinski definition) is 4. The summed E-state index contributed by atoms with van der Waals surface area (Å²) in [5.41, 5.74) is 0.886. The standard InChI is InChI=1S/C22H19ClFN3O4S/c1-13-7-9-15(32(30,31)27-20-6-4-3-5-19(20)24)12-16(13)22(29)26-14-8-10-18(23)17(11-14)21(28)25-2/h3-12,27H,1-2H3,(H,25,28)(H,26,29). The van der Waals surface area contributed by atoms with E-state index in [0.29, 0.717) is 11.3 Å². The molecule has 0 heterocycles. The molecule has 32 heavy (non-hydrogen) atoms. The fraction of sp³-hybridized carbons (Fsp3) is 0.0909. The molecule has 0 fully saturated rings. The molecule has 0 saturated carbocycles. The average Bonchev–Trinajstić information content (AvgIpc) is 2.76. The average molecular weight is 476 g/mol. The summed E-state index contributed by atoms with van der Waals surface area (Å²) in [5.74, 6) is -1.74. The maximum atomic E-state index is 13.9. The normalized spacial score (nSPS) is 11.0. The molecule has 0 atom stereocenters. The van der Waals surface area contributed by atoms with Gasteiger partial charge in [0.2, 0.25) is 0 Å². The fourth-order valence-electron chi connectivity index (χ4n) is 2.87. The summed E-state index contributed by atoms with van der Waals surface area (Å²) in [6, 6.07) is 13.7. The van der Waals surface area contributed by atoms with Gasteiger partial charge in [0.1, 0.15) is 5.82 Å². The molecule has 0 bridgehead atoms. The number of aryl methyl sites for hydroxylation is 1. The second-order valence-electron chi connectivity index (χ2n) is 6.79. The van der Waals surface area contributed by atoms with Crippen LogP contribution in [0.5, 0.6) is 0 Å². The third-order valence-corrected chi connectivity index (χ3v) is 6.27. The van der Waals surface area contributed by atoms with Gasteiger partial charge in [-0.3, -0.25) is 14.3 Å². The lowest BCUT2D eigenvalue weighted by atomic mass is 10.1. The molecule has 0 saturated heterocycles. The molecular weight excluding hydrogens is 457 g/mol. The van der Waals surface area contributed by atoms with E-state index in [1.165, 1.54) is 61.6 Å². The van der Waals surface area contributed by atoms with Crippen LogP contribution in [0.25, 0.3) is 0 Å². The van der Waals surface area contributed by atoms with E-state index in [1.54, 1.807) is 6.92 Å². The number of amides is 2. The van der Waals surface area contributed by atoms with Gasteiger partial charge in [0.25, 0.3) is 21.8 Å². The Balaban J connectivity index is 1.89. The Kier molecular flexibility index (Phi) is 6.81. The van der Waals surface area contributed by atoms with Crippen molar-refractivity contribution in [3.05, 3.63) is 88.2 Å². The molecular formula is C22H19ClFN3O4S. The van der Waals surface area contributed by atoms with Crippen LogP contribution in [0, 0.1) is 12.7 Å². The number of hydrogen-bond donors (Lipinski definition) is 3. The smallest absolute Gasteiger partial charge is 0.262 e. The molecule has 3 aromatic carbocycles. The Morgan fingerprint density at radius 2 is 1.66 bits per heavy atom. The minimum absolute atomic E-state index is 0.0952. The number of halogens is 2. The second-order valence-corrected chi connectivity index (χ2v) is 8.88. The Morgan fingerprint density at radius 1 is 0.938 bits per heavy atom. The highest BCUT2D eigenvalue weighted by molar-refractivity contribution is 7.92. The summed E-state index contributed by atoms with van der Waals surface area (Å²) in [5, 5.41) is 5.30. The first-order chi connectivity index (χ1) is 15.1. The zero-order chi connectivity index (χ0) is 23.5. The van der Waals surface area contributed by atoms with Crippen molar-refractivity contribution >= 4 is 44.8 Å². The molecule has 166 valence electrons. The van der Waals surface area contributed by atoms with Crippen molar-refractivity contribution in [2.45, 2.75) is 11.8 Å². The molecule has 7 nitrogen and oxygen atoms in total. The van der Waals surface area contributed by atoms with E-state index in [4.69, 9.17) is 11.6 Å². The molecule has 0 aliphatic rings. The topological polar surface area (TPSA) is 104 Å². The van der Waals surface area contributed by atoms with Crippen molar-refractivity contribution in [3.8, 4) is 0 Å². The van der Waals surface area contributed by atoms with Crippen molar-refractivity contribution in [2.24, 2.45) is 0 Å². The predicted octanol–water partition coefficient (Wildman–Crippen LogP) is 4.20. The zero-order valence-corrected chi connectivity index (χ0v) is 18.6. The summed E-state index contributed by atoms with van der Waals surface area (Å²) < 4.78 is 41.5. The first kappa shape index (κ1) is 23.2. The summed E-state index contributed by atoms with van der Waals surface area (Å²) in [4.78, 5) is 24.5. The maximum Gasteiger partial charge on any atom is 0.262 e. The van der Waals surface area contributed by atoms with Crippen molar-refractivity contribution in [1.82, 2.24) is 5.32 Å². The van der Waals surface area contributed by atoms with E-state index >= 15 is 0 Å². The number of benzene rings is 3. The molecule has 3 aromatic rings. The SMILES string of the molecule is CNC(=O)c1cc(NC(=O)c2cc(S(=O)(=O)Nc3ccccc3F)ccc2C)ccc1Cl. The van der Waals surface area contributed by atoms with Crippen LogP contribution >= 0.6 is 11.6 Å². The lowest BCUT2D eigenvalue weighted by molar-refractivity contribution is 0.0961. The van der Waals surface area contributed by atoms with Gasteiger partial charge in [-0.25, -0.2) is 12.8 Å². The number of anilines is 2. The van der Waals surface area contributed by atoms with Crippen molar-refractivity contribution in [3.63, 3.8) is 0 Å². The van der Waals surface area contributed by atoms with Crippen LogP contribution < -0.4 is 15.4 Å². The maximum absolute atomic E-state index is 13.9. The van der Waals surface area contributed by atoms with Crippen LogP contribution in [-0.2, 0) is 10.0 Å². The number of para-hydroxylation sites is 1. The quantitative estimate of drug-likeness (QED) is 0.497. The first-order valence-electron chi connectivity index (χ1n) is 9.33. The number of sulfonamides is 1. The van der Waals surface area contributed by atoms with Crippen LogP contribution in [0.1, 0.15) is 26.3 Å². The Morgan fingerprint density at radius 3 is 2.34 bits per heavy atom. The second kappa shape index (κ2) is 9.37. The summed E-state index contributed by atoms with van der Waals surface area (Å²) >= 11 is 6.02. The van der Waals surface area contributed by atoms with Gasteiger partial charge in [-0.1, -0.05) is 29.8 Å². The number of carbonyl (C=O) groups is 2. The van der Waals surface area contributed by atoms with Crippen molar-refractivity contribution in [1.29, 1.82) is 0 Å². The Labute approximate surface area is 189 Å². The highest BCUT2D eigenvalue weighted by atomic mass is 35.5. The van der Waals surface area contributed by atoms with Gasteiger partial charge in [0.05, 0.1) is 21.2 Å². The number of rotatable bonds is 6. The van der Waals surface area contributed by atoms with Gasteiger partial charge in [-0.05, 0) is 55.0 Å². The molecule has 3 rings (SSSR count). The molecule has 0 unspecified atom stereocenters. The van der Waals surface area contributed by atoms with E-state index in [2.05, 4.69) is 15.4 Å². The van der Waals surface area contributed by atoms with E-state index in [-0.39, 0.29) is 26.7 Å². The molecule has 0 aliphatic carbocycles. The molecule has 10 heteroatoms. The lowest BCUT2D eigenvalue weighted by Gasteiger charge is -2.13. The van der Waals surface area contributed by atoms with Crippen LogP contribution in [0.3, 0.4) is 0 Å². The van der Waals surface area contributed by atoms with Gasteiger partial charge in [-0.2, -0.15) is 0 Å². The number of carbonyl (C=O) groups excluding carboxylic acids is 2. The van der Waals surface area contributed by atoms with E-state index < -0.39 is 27.7 Å². The van der Waals surface area contributed by atoms with Crippen LogP contribution in [0.4, 0.5) is 15.8 Å². The van der Waals surface area contributed by atoms with Gasteiger partial charge in [0.15, 0.2) is 0 Å². The van der Waals surface area contributed by atoms with Crippen LogP contribution in [0.2, 0.25) is 5.02 Å². The minimum atomic E-state index is -4.15. The summed E-state index contributed by atoms with van der Waals surface area (Å²) in [7, 11) is -2.70. The van der Waals surface area contributed by atoms with Crippen molar-refractivity contribution < 1.29 is 22.4 Å². The van der Waals surface area contributed by atoms with Crippen LogP contribution in [0.15, 0.2) is 65.6 Å². The minimum Gasteiger partial charge on any atom is -0.355 e. The Bertz CT molecular complexity index is 1310. The molecule has 2 amide bonds. The monoisotopic (exact) mass is 475 g/mol. The summed E-state index contributed by atoms with van der Waals surface area (Å²) in [6.45, 7) is 1.65. The number of nitrogens with one attached hydrogen (secondary N) is 3. The van der Waals surface area contributed by atoms with Gasteiger partial charge in [0, 0.05) is 18.3 Å². The van der Waals surface area contributed by atoms with E-state index in [1.807, 2.05) is 0 Å². The zero-order valence-electron chi connectivity index (χ0n) is 17.1. The first-order valence-corrected chi connectivity index (χ1v) is 11.2. The van der Waals surface area contributed by atoms with Crippen LogP contribution in [-0.4, -0.2) is 27.3 Å². The molecule has 0 radical (unpaired) electrons. The van der Waals surface area contributed by atoms with Gasteiger partial charge in [-0.15, -0.1) is 0 Å². The molecule has 0 aliphatic heterocycles. The third-order valence-electron chi connectivity index (χ3n) is 4.58. The fourth-order valence-corrected chi connectivity index (χ4v) is 4.17. The largest absolute Gasteiger partial charge is 0.355 e. The highest BCUT2D eigenvalue weighted by Gasteiger charge is 2.20. The predicted molar refractivity (Wildman–Crippen MR) is 121 cm³/mol. The third kappa shape index (κ3) is 5.06. The van der Waals surface area contributed by atoms with E-state index in [0.717, 1.165) is 6.07 Å². The van der Waals surface area contributed by atoms with Gasteiger partial charge < -0.3 is 10.6 Å². The van der Waals surface area contributed by atoms with Gasteiger partial charge >= 0.3 is 0 Å². The summed E-state index contributed by atoms with van der Waals surface area (Å²) in [6.07, 6.45) is 0. The van der Waals surface area contributed by atoms with E-state index in [9.17, 15) is 22.4 Å². The molecule has 0 aromatic heterocycles. The molecule has 0 spiro atoms. The van der Waals surface area contributed by atoms with Crippen molar-refractivity contribution in [2.75, 3.05) is 17.1 Å². The Hall–Kier alpha value is -3.43. The highest BCUT2D eigenvalue weighted by Crippen LogP contribution is 2.24. The molecule has 3 N–H and O–H groups in total.